The first-order valence-corrected chi connectivity index (χ1v) is 14.9. The van der Waals surface area contributed by atoms with Crippen molar-refractivity contribution < 1.29 is 27.9 Å². The van der Waals surface area contributed by atoms with Crippen molar-refractivity contribution in [2.45, 2.75) is 44.9 Å². The van der Waals surface area contributed by atoms with Gasteiger partial charge in [-0.3, -0.25) is 14.7 Å². The molecule has 0 unspecified atom stereocenters. The second-order valence-corrected chi connectivity index (χ2v) is 11.3. The van der Waals surface area contributed by atoms with Gasteiger partial charge in [0.25, 0.3) is 5.91 Å². The number of aliphatic carboxylic acids is 1. The first-order chi connectivity index (χ1) is 20.6. The topological polar surface area (TPSA) is 80.2 Å². The summed E-state index contributed by atoms with van der Waals surface area (Å²) in [5.41, 5.74) is 5.29. The van der Waals surface area contributed by atoms with E-state index in [1.807, 2.05) is 17.0 Å². The first-order valence-electron chi connectivity index (χ1n) is 14.9. The quantitative estimate of drug-likeness (QED) is 0.442. The molecule has 1 amide bonds. The number of pyridine rings is 1. The van der Waals surface area contributed by atoms with Crippen molar-refractivity contribution in [1.82, 2.24) is 19.7 Å². The Balaban J connectivity index is 0.000000472. The van der Waals surface area contributed by atoms with E-state index in [9.17, 15) is 18.0 Å². The number of halogens is 3. The number of carbonyl (C=O) groups is 2. The third-order valence-electron chi connectivity index (χ3n) is 8.70. The Labute approximate surface area is 249 Å². The zero-order valence-corrected chi connectivity index (χ0v) is 24.4. The number of likely N-dealkylation sites (N-methyl/N-ethyl adjacent to an activating group) is 1. The van der Waals surface area contributed by atoms with Gasteiger partial charge in [0.05, 0.1) is 11.1 Å². The fourth-order valence-electron chi connectivity index (χ4n) is 6.26. The van der Waals surface area contributed by atoms with E-state index in [1.165, 1.54) is 44.6 Å². The number of fused-ring (bicyclic) bond motifs is 2. The second-order valence-electron chi connectivity index (χ2n) is 11.3. The standard InChI is InChI=1S/C30H37N5O.C2HF3O2/c1-2-32-18-20-33(21-19-32)26-13-16-34(17-14-26)28-9-5-7-24-22-35(30(36)29(24)28)15-12-25-11-10-23-6-3-4-8-27(23)31-25;3-2(4,5)1(6)7/h3-11,26H,2,12-22H2,1H3;(H,6,7). The molecule has 11 heteroatoms. The molecular formula is C32H38F3N5O3. The monoisotopic (exact) mass is 597 g/mol. The Hall–Kier alpha value is -3.70. The van der Waals surface area contributed by atoms with Crippen LogP contribution in [0.1, 0.15) is 41.4 Å². The highest BCUT2D eigenvalue weighted by Crippen LogP contribution is 2.34. The Morgan fingerprint density at radius 1 is 0.953 bits per heavy atom. The molecule has 8 nitrogen and oxygen atoms in total. The first kappa shape index (κ1) is 30.7. The molecule has 6 rings (SSSR count). The van der Waals surface area contributed by atoms with Gasteiger partial charge in [-0.25, -0.2) is 4.79 Å². The van der Waals surface area contributed by atoms with Crippen molar-refractivity contribution in [2.24, 2.45) is 0 Å². The van der Waals surface area contributed by atoms with E-state index in [4.69, 9.17) is 14.9 Å². The van der Waals surface area contributed by atoms with Crippen molar-refractivity contribution in [3.8, 4) is 0 Å². The summed E-state index contributed by atoms with van der Waals surface area (Å²) in [4.78, 5) is 36.9. The van der Waals surface area contributed by atoms with E-state index in [2.05, 4.69) is 64.1 Å². The highest BCUT2D eigenvalue weighted by Gasteiger charge is 2.38. The van der Waals surface area contributed by atoms with Gasteiger partial charge in [0.15, 0.2) is 0 Å². The third-order valence-corrected chi connectivity index (χ3v) is 8.70. The van der Waals surface area contributed by atoms with Crippen LogP contribution in [0.4, 0.5) is 18.9 Å². The molecule has 2 fully saturated rings. The number of carboxylic acids is 1. The van der Waals surface area contributed by atoms with Crippen molar-refractivity contribution in [3.05, 3.63) is 71.4 Å². The summed E-state index contributed by atoms with van der Waals surface area (Å²) in [5, 5.41) is 8.28. The molecule has 1 aromatic heterocycles. The van der Waals surface area contributed by atoms with E-state index in [0.29, 0.717) is 19.1 Å². The van der Waals surface area contributed by atoms with E-state index in [0.717, 1.165) is 53.9 Å². The lowest BCUT2D eigenvalue weighted by molar-refractivity contribution is -0.192. The van der Waals surface area contributed by atoms with Gasteiger partial charge in [0.1, 0.15) is 0 Å². The zero-order valence-electron chi connectivity index (χ0n) is 24.4. The number of alkyl halides is 3. The molecule has 0 saturated carbocycles. The van der Waals surface area contributed by atoms with E-state index in [-0.39, 0.29) is 5.91 Å². The van der Waals surface area contributed by atoms with E-state index < -0.39 is 12.1 Å². The van der Waals surface area contributed by atoms with Crippen LogP contribution >= 0.6 is 0 Å². The number of benzene rings is 2. The number of carbonyl (C=O) groups excluding carboxylic acids is 1. The highest BCUT2D eigenvalue weighted by molar-refractivity contribution is 6.03. The number of anilines is 1. The van der Waals surface area contributed by atoms with Crippen molar-refractivity contribution in [1.29, 1.82) is 0 Å². The predicted molar refractivity (Wildman–Crippen MR) is 159 cm³/mol. The van der Waals surface area contributed by atoms with Gasteiger partial charge in [-0.2, -0.15) is 13.2 Å². The van der Waals surface area contributed by atoms with Gasteiger partial charge in [-0.05, 0) is 43.1 Å². The maximum atomic E-state index is 13.5. The Morgan fingerprint density at radius 2 is 1.65 bits per heavy atom. The molecule has 4 heterocycles. The molecule has 0 radical (unpaired) electrons. The molecule has 2 saturated heterocycles. The molecule has 0 atom stereocenters. The number of piperidine rings is 1. The molecule has 1 N–H and O–H groups in total. The Morgan fingerprint density at radius 3 is 2.33 bits per heavy atom. The minimum Gasteiger partial charge on any atom is -0.475 e. The van der Waals surface area contributed by atoms with Gasteiger partial charge in [-0.1, -0.05) is 43.3 Å². The number of hydrogen-bond acceptors (Lipinski definition) is 6. The maximum absolute atomic E-state index is 13.5. The number of carboxylic acid groups (broad SMARTS) is 1. The Kier molecular flexibility index (Phi) is 9.51. The molecule has 3 aliphatic rings. The zero-order chi connectivity index (χ0) is 30.6. The minimum absolute atomic E-state index is 0.180. The fraction of sp³-hybridized carbons (Fsp3) is 0.469. The van der Waals surface area contributed by atoms with Crippen LogP contribution in [0, 0.1) is 0 Å². The van der Waals surface area contributed by atoms with Gasteiger partial charge in [0.2, 0.25) is 0 Å². The SMILES string of the molecule is CCN1CCN(C2CCN(c3cccc4c3C(=O)N(CCc3ccc5ccccc5n3)C4)CC2)CC1.O=C(O)C(F)(F)F. The van der Waals surface area contributed by atoms with Gasteiger partial charge in [0, 0.05) is 81.6 Å². The predicted octanol–water partition coefficient (Wildman–Crippen LogP) is 4.67. The summed E-state index contributed by atoms with van der Waals surface area (Å²) in [5.74, 6) is -2.58. The molecular weight excluding hydrogens is 559 g/mol. The number of amides is 1. The summed E-state index contributed by atoms with van der Waals surface area (Å²) in [6.45, 7) is 11.7. The van der Waals surface area contributed by atoms with Gasteiger partial charge < -0.3 is 19.8 Å². The highest BCUT2D eigenvalue weighted by atomic mass is 19.4. The lowest BCUT2D eigenvalue weighted by Crippen LogP contribution is -2.53. The van der Waals surface area contributed by atoms with Crippen LogP contribution in [-0.4, -0.2) is 101 Å². The number of piperazine rings is 1. The number of nitrogens with zero attached hydrogens (tertiary/aromatic N) is 5. The lowest BCUT2D eigenvalue weighted by Gasteiger charge is -2.43. The molecule has 43 heavy (non-hydrogen) atoms. The molecule has 0 spiro atoms. The largest absolute Gasteiger partial charge is 0.490 e. The number of hydrogen-bond donors (Lipinski definition) is 1. The molecule has 3 aromatic rings. The summed E-state index contributed by atoms with van der Waals surface area (Å²) < 4.78 is 31.7. The molecule has 3 aliphatic heterocycles. The maximum Gasteiger partial charge on any atom is 0.490 e. The molecule has 230 valence electrons. The fourth-order valence-corrected chi connectivity index (χ4v) is 6.26. The summed E-state index contributed by atoms with van der Waals surface area (Å²) in [6, 6.07) is 19.5. The van der Waals surface area contributed by atoms with Crippen LogP contribution < -0.4 is 4.90 Å². The Bertz CT molecular complexity index is 1430. The lowest BCUT2D eigenvalue weighted by atomic mass is 9.99. The summed E-state index contributed by atoms with van der Waals surface area (Å²) in [7, 11) is 0. The van der Waals surface area contributed by atoms with Gasteiger partial charge in [-0.15, -0.1) is 0 Å². The minimum atomic E-state index is -5.08. The van der Waals surface area contributed by atoms with Crippen molar-refractivity contribution in [3.63, 3.8) is 0 Å². The van der Waals surface area contributed by atoms with Crippen LogP contribution in [-0.2, 0) is 17.8 Å². The van der Waals surface area contributed by atoms with E-state index >= 15 is 0 Å². The smallest absolute Gasteiger partial charge is 0.475 e. The normalized spacial score (nSPS) is 18.5. The molecule has 0 aliphatic carbocycles. The average molecular weight is 598 g/mol. The third kappa shape index (κ3) is 7.27. The van der Waals surface area contributed by atoms with Crippen LogP contribution in [0.3, 0.4) is 0 Å². The summed E-state index contributed by atoms with van der Waals surface area (Å²) >= 11 is 0. The van der Waals surface area contributed by atoms with Crippen LogP contribution in [0.5, 0.6) is 0 Å². The average Bonchev–Trinajstić information content (AvgIpc) is 3.35. The number of para-hydroxylation sites is 1. The van der Waals surface area contributed by atoms with E-state index in [1.54, 1.807) is 0 Å². The second kappa shape index (κ2) is 13.3. The summed E-state index contributed by atoms with van der Waals surface area (Å²) in [6.07, 6.45) is -1.95. The van der Waals surface area contributed by atoms with Gasteiger partial charge >= 0.3 is 12.1 Å². The van der Waals surface area contributed by atoms with Crippen LogP contribution in [0.25, 0.3) is 10.9 Å². The number of rotatable bonds is 6. The molecule has 2 aromatic carbocycles. The number of aromatic nitrogens is 1. The van der Waals surface area contributed by atoms with Crippen LogP contribution in [0.15, 0.2) is 54.6 Å². The van der Waals surface area contributed by atoms with Crippen LogP contribution in [0.2, 0.25) is 0 Å². The van der Waals surface area contributed by atoms with Crippen molar-refractivity contribution in [2.75, 3.05) is 57.3 Å². The molecule has 0 bridgehead atoms. The van der Waals surface area contributed by atoms with Crippen molar-refractivity contribution >= 4 is 28.5 Å².